The van der Waals surface area contributed by atoms with Gasteiger partial charge < -0.3 is 4.74 Å². The molecule has 0 bridgehead atoms. The number of ether oxygens (including phenoxy) is 1. The van der Waals surface area contributed by atoms with E-state index in [1.54, 1.807) is 0 Å². The molecule has 2 aliphatic rings. The largest absolute Gasteiger partial charge is 0.494 e. The van der Waals surface area contributed by atoms with Gasteiger partial charge in [0, 0.05) is 12.5 Å². The minimum atomic E-state index is -0.199. The Labute approximate surface area is 204 Å². The van der Waals surface area contributed by atoms with Crippen molar-refractivity contribution in [2.24, 2.45) is 11.0 Å². The van der Waals surface area contributed by atoms with Gasteiger partial charge in [0.15, 0.2) is 0 Å². The average Bonchev–Trinajstić information content (AvgIpc) is 3.41. The Morgan fingerprint density at radius 1 is 1.06 bits per heavy atom. The second-order valence-electron chi connectivity index (χ2n) is 8.49. The molecule has 2 aliphatic heterocycles. The number of hydrogen-bond donors (Lipinski definition) is 1. The van der Waals surface area contributed by atoms with Crippen LogP contribution in [-0.4, -0.2) is 24.8 Å². The van der Waals surface area contributed by atoms with Crippen LogP contribution >= 0.6 is 11.6 Å². The fourth-order valence-corrected chi connectivity index (χ4v) is 4.94. The Hall–Kier alpha value is -3.51. The monoisotopic (exact) mass is 474 g/mol. The number of nitrogens with zero attached hydrogens (tertiary/aromatic N) is 3. The number of rotatable bonds is 6. The van der Waals surface area contributed by atoms with E-state index in [4.69, 9.17) is 21.4 Å². The lowest BCUT2D eigenvalue weighted by molar-refractivity contribution is -0.115. The summed E-state index contributed by atoms with van der Waals surface area (Å²) in [5.41, 5.74) is 7.62. The predicted octanol–water partition coefficient (Wildman–Crippen LogP) is 5.39. The topological polar surface area (TPSA) is 57.2 Å². The van der Waals surface area contributed by atoms with Gasteiger partial charge >= 0.3 is 0 Å². The zero-order valence-electron chi connectivity index (χ0n) is 19.2. The third-order valence-electron chi connectivity index (χ3n) is 6.37. The lowest BCUT2D eigenvalue weighted by Crippen LogP contribution is -2.45. The molecule has 7 heteroatoms. The summed E-state index contributed by atoms with van der Waals surface area (Å²) in [6, 6.07) is 23.5. The minimum absolute atomic E-state index is 0.160. The van der Waals surface area contributed by atoms with Crippen LogP contribution in [0.15, 0.2) is 77.9 Å². The summed E-state index contributed by atoms with van der Waals surface area (Å²) < 4.78 is 5.61. The SMILES string of the molecule is CCOc1ccc([C@@H]2[C@H](C)C(C(=O)NN3CCc4ccccc43)=NN2c2ccccc2Cl)cc1. The molecule has 3 aromatic carbocycles. The number of carbonyl (C=O) groups excluding carboxylic acids is 1. The lowest BCUT2D eigenvalue weighted by Gasteiger charge is -2.27. The van der Waals surface area contributed by atoms with Crippen molar-refractivity contribution in [1.29, 1.82) is 0 Å². The Morgan fingerprint density at radius 2 is 1.76 bits per heavy atom. The van der Waals surface area contributed by atoms with Crippen molar-refractivity contribution in [1.82, 2.24) is 5.43 Å². The van der Waals surface area contributed by atoms with Crippen molar-refractivity contribution in [3.8, 4) is 5.75 Å². The molecule has 0 unspecified atom stereocenters. The molecule has 0 radical (unpaired) electrons. The van der Waals surface area contributed by atoms with Crippen LogP contribution in [0.1, 0.15) is 31.0 Å². The average molecular weight is 475 g/mol. The summed E-state index contributed by atoms with van der Waals surface area (Å²) in [6.07, 6.45) is 0.902. The van der Waals surface area contributed by atoms with E-state index < -0.39 is 0 Å². The number of benzene rings is 3. The first-order chi connectivity index (χ1) is 16.6. The molecule has 0 aliphatic carbocycles. The molecule has 2 heterocycles. The van der Waals surface area contributed by atoms with Gasteiger partial charge in [0.25, 0.3) is 5.91 Å². The first kappa shape index (κ1) is 22.3. The molecule has 5 rings (SSSR count). The zero-order valence-corrected chi connectivity index (χ0v) is 20.0. The van der Waals surface area contributed by atoms with Crippen molar-refractivity contribution in [2.45, 2.75) is 26.3 Å². The van der Waals surface area contributed by atoms with Crippen LogP contribution < -0.4 is 20.2 Å². The Kier molecular flexibility index (Phi) is 6.16. The van der Waals surface area contributed by atoms with Crippen LogP contribution in [0.5, 0.6) is 5.75 Å². The molecule has 2 atom stereocenters. The standard InChI is InChI=1S/C27H27ClN4O2/c1-3-34-21-14-12-20(13-15-21)26-18(2)25(29-32(26)24-11-7-5-9-22(24)28)27(33)30-31-17-16-19-8-4-6-10-23(19)31/h4-15,18,26H,3,16-17H2,1-2H3,(H,30,33)/t18-,26+/m1/s1. The van der Waals surface area contributed by atoms with E-state index in [1.807, 2.05) is 90.6 Å². The van der Waals surface area contributed by atoms with Crippen LogP contribution in [0.2, 0.25) is 5.02 Å². The molecular weight excluding hydrogens is 448 g/mol. The number of hydrazine groups is 1. The van der Waals surface area contributed by atoms with Crippen LogP contribution in [0, 0.1) is 5.92 Å². The van der Waals surface area contributed by atoms with Crippen molar-refractivity contribution < 1.29 is 9.53 Å². The summed E-state index contributed by atoms with van der Waals surface area (Å²) >= 11 is 6.55. The molecule has 1 N–H and O–H groups in total. The number of halogens is 1. The zero-order chi connectivity index (χ0) is 23.7. The van der Waals surface area contributed by atoms with Crippen molar-refractivity contribution in [2.75, 3.05) is 23.2 Å². The Bertz CT molecular complexity index is 1230. The normalized spacial score (nSPS) is 19.1. The molecule has 174 valence electrons. The van der Waals surface area contributed by atoms with E-state index in [1.165, 1.54) is 5.56 Å². The first-order valence-electron chi connectivity index (χ1n) is 11.6. The predicted molar refractivity (Wildman–Crippen MR) is 137 cm³/mol. The van der Waals surface area contributed by atoms with Crippen LogP contribution in [0.3, 0.4) is 0 Å². The molecule has 0 fully saturated rings. The van der Waals surface area contributed by atoms with Gasteiger partial charge in [-0.15, -0.1) is 0 Å². The summed E-state index contributed by atoms with van der Waals surface area (Å²) in [4.78, 5) is 13.4. The fraction of sp³-hybridized carbons (Fsp3) is 0.259. The van der Waals surface area contributed by atoms with E-state index in [9.17, 15) is 4.79 Å². The van der Waals surface area contributed by atoms with Crippen LogP contribution in [0.25, 0.3) is 0 Å². The van der Waals surface area contributed by atoms with Crippen LogP contribution in [0.4, 0.5) is 11.4 Å². The summed E-state index contributed by atoms with van der Waals surface area (Å²) in [5.74, 6) is 0.453. The maximum atomic E-state index is 13.4. The molecule has 0 aromatic heterocycles. The van der Waals surface area contributed by atoms with E-state index in [2.05, 4.69) is 11.5 Å². The van der Waals surface area contributed by atoms with Gasteiger partial charge in [-0.05, 0) is 54.8 Å². The van der Waals surface area contributed by atoms with Crippen molar-refractivity contribution >= 4 is 34.6 Å². The first-order valence-corrected chi connectivity index (χ1v) is 12.0. The van der Waals surface area contributed by atoms with Gasteiger partial charge in [0.2, 0.25) is 0 Å². The number of carbonyl (C=O) groups is 1. The van der Waals surface area contributed by atoms with Gasteiger partial charge in [0.1, 0.15) is 11.5 Å². The second kappa shape index (κ2) is 9.39. The highest BCUT2D eigenvalue weighted by atomic mass is 35.5. The van der Waals surface area contributed by atoms with E-state index in [0.717, 1.165) is 35.7 Å². The number of nitrogens with one attached hydrogen (secondary N) is 1. The highest BCUT2D eigenvalue weighted by Crippen LogP contribution is 2.42. The van der Waals surface area contributed by atoms with Gasteiger partial charge in [-0.1, -0.05) is 61.0 Å². The maximum Gasteiger partial charge on any atom is 0.286 e. The fourth-order valence-electron chi connectivity index (χ4n) is 4.72. The summed E-state index contributed by atoms with van der Waals surface area (Å²) in [5, 5.41) is 9.18. The molecule has 1 amide bonds. The van der Waals surface area contributed by atoms with Gasteiger partial charge in [-0.3, -0.25) is 20.2 Å². The van der Waals surface area contributed by atoms with E-state index >= 15 is 0 Å². The number of hydrazone groups is 1. The van der Waals surface area contributed by atoms with Gasteiger partial charge in [-0.2, -0.15) is 5.10 Å². The molecular formula is C27H27ClN4O2. The highest BCUT2D eigenvalue weighted by molar-refractivity contribution is 6.41. The number of hydrogen-bond acceptors (Lipinski definition) is 5. The lowest BCUT2D eigenvalue weighted by atomic mass is 9.91. The Balaban J connectivity index is 1.46. The van der Waals surface area contributed by atoms with E-state index in [0.29, 0.717) is 17.3 Å². The molecule has 0 saturated carbocycles. The molecule has 6 nitrogen and oxygen atoms in total. The Morgan fingerprint density at radius 3 is 2.50 bits per heavy atom. The second-order valence-corrected chi connectivity index (χ2v) is 8.90. The molecule has 0 spiro atoms. The maximum absolute atomic E-state index is 13.4. The third kappa shape index (κ3) is 4.10. The third-order valence-corrected chi connectivity index (χ3v) is 6.69. The number of amides is 1. The summed E-state index contributed by atoms with van der Waals surface area (Å²) in [7, 11) is 0. The number of fused-ring (bicyclic) bond motifs is 1. The number of para-hydroxylation sites is 2. The van der Waals surface area contributed by atoms with E-state index in [-0.39, 0.29) is 17.9 Å². The van der Waals surface area contributed by atoms with Gasteiger partial charge in [-0.25, -0.2) is 0 Å². The van der Waals surface area contributed by atoms with Crippen LogP contribution in [-0.2, 0) is 11.2 Å². The molecule has 0 saturated heterocycles. The summed E-state index contributed by atoms with van der Waals surface area (Å²) in [6.45, 7) is 5.35. The van der Waals surface area contributed by atoms with Crippen molar-refractivity contribution in [3.63, 3.8) is 0 Å². The minimum Gasteiger partial charge on any atom is -0.494 e. The molecule has 34 heavy (non-hydrogen) atoms. The smallest absolute Gasteiger partial charge is 0.286 e. The number of anilines is 2. The highest BCUT2D eigenvalue weighted by Gasteiger charge is 2.40. The van der Waals surface area contributed by atoms with Crippen molar-refractivity contribution in [3.05, 3.63) is 88.9 Å². The van der Waals surface area contributed by atoms with Gasteiger partial charge in [0.05, 0.1) is 29.0 Å². The quantitative estimate of drug-likeness (QED) is 0.520. The molecule has 3 aromatic rings.